The lowest BCUT2D eigenvalue weighted by atomic mass is 9.84. The zero-order chi connectivity index (χ0) is 22.9. The predicted octanol–water partition coefficient (Wildman–Crippen LogP) is 3.53. The van der Waals surface area contributed by atoms with Gasteiger partial charge in [0.25, 0.3) is 11.5 Å². The Hall–Kier alpha value is -3.68. The molecular weight excluding hydrogens is 401 g/mol. The van der Waals surface area contributed by atoms with Crippen LogP contribution < -0.4 is 21.3 Å². The number of nitrogens with one attached hydrogen (secondary N) is 2. The normalized spacial score (nSPS) is 11.3. The monoisotopic (exact) mass is 425 g/mol. The van der Waals surface area contributed by atoms with Gasteiger partial charge in [-0.15, -0.1) is 0 Å². The van der Waals surface area contributed by atoms with E-state index in [1.165, 1.54) is 48.2 Å². The molecule has 8 heteroatoms. The fourth-order valence-electron chi connectivity index (χ4n) is 3.28. The van der Waals surface area contributed by atoms with Crippen LogP contribution in [0.1, 0.15) is 42.3 Å². The third kappa shape index (κ3) is 4.58. The molecule has 31 heavy (non-hydrogen) atoms. The number of nitrogens with zero attached hydrogens (tertiary/aromatic N) is 1. The number of carbonyl (C=O) groups is 1. The van der Waals surface area contributed by atoms with Crippen LogP contribution in [0.2, 0.25) is 0 Å². The van der Waals surface area contributed by atoms with Gasteiger partial charge in [0, 0.05) is 23.5 Å². The highest BCUT2D eigenvalue weighted by molar-refractivity contribution is 6.07. The van der Waals surface area contributed by atoms with Gasteiger partial charge in [-0.25, -0.2) is 9.18 Å². The summed E-state index contributed by atoms with van der Waals surface area (Å²) in [7, 11) is 1.47. The summed E-state index contributed by atoms with van der Waals surface area (Å²) in [4.78, 5) is 39.2. The van der Waals surface area contributed by atoms with E-state index in [2.05, 4.69) is 10.3 Å². The van der Waals surface area contributed by atoms with Gasteiger partial charge in [-0.2, -0.15) is 0 Å². The lowest BCUT2D eigenvalue weighted by Crippen LogP contribution is -2.28. The van der Waals surface area contributed by atoms with Gasteiger partial charge >= 0.3 is 5.69 Å². The summed E-state index contributed by atoms with van der Waals surface area (Å²) in [5, 5.41) is 2.78. The maximum atomic E-state index is 13.4. The molecule has 0 spiro atoms. The van der Waals surface area contributed by atoms with Crippen molar-refractivity contribution in [1.29, 1.82) is 0 Å². The molecule has 0 saturated heterocycles. The van der Waals surface area contributed by atoms with Crippen molar-refractivity contribution in [3.05, 3.63) is 85.9 Å². The van der Waals surface area contributed by atoms with E-state index in [1.54, 1.807) is 13.0 Å². The lowest BCUT2D eigenvalue weighted by Gasteiger charge is -2.25. The minimum Gasteiger partial charge on any atom is -0.496 e. The number of H-pyrrole nitrogens is 1. The smallest absolute Gasteiger partial charge is 0.332 e. The van der Waals surface area contributed by atoms with Crippen molar-refractivity contribution in [1.82, 2.24) is 9.55 Å². The maximum Gasteiger partial charge on any atom is 0.332 e. The maximum absolute atomic E-state index is 13.4. The highest BCUT2D eigenvalue weighted by Crippen LogP contribution is 2.36. The van der Waals surface area contributed by atoms with Crippen molar-refractivity contribution in [3.8, 4) is 11.4 Å². The molecule has 0 atom stereocenters. The summed E-state index contributed by atoms with van der Waals surface area (Å²) < 4.78 is 20.3. The SMILES string of the molecule is COc1c(C(=O)Nc2ccc(F)cc2C)cc(-n2ccc(=O)[nH]c2=O)cc1C(C)(C)C. The fourth-order valence-corrected chi connectivity index (χ4v) is 3.28. The number of halogens is 1. The molecule has 1 aromatic heterocycles. The van der Waals surface area contributed by atoms with Gasteiger partial charge in [-0.05, 0) is 48.2 Å². The standard InChI is InChI=1S/C23H24FN3O4/c1-13-10-14(24)6-7-18(13)25-21(29)16-11-15(27-9-8-19(28)26-22(27)30)12-17(20(16)31-5)23(2,3)4/h6-12H,1-5H3,(H,25,29)(H,26,28,30). The Morgan fingerprint density at radius 2 is 1.84 bits per heavy atom. The minimum absolute atomic E-state index is 0.201. The molecule has 0 saturated carbocycles. The molecule has 0 radical (unpaired) electrons. The van der Waals surface area contributed by atoms with E-state index in [1.807, 2.05) is 20.8 Å². The van der Waals surface area contributed by atoms with Crippen LogP contribution in [-0.4, -0.2) is 22.6 Å². The topological polar surface area (TPSA) is 93.2 Å². The van der Waals surface area contributed by atoms with Crippen LogP contribution in [0, 0.1) is 12.7 Å². The zero-order valence-corrected chi connectivity index (χ0v) is 18.0. The van der Waals surface area contributed by atoms with Crippen molar-refractivity contribution in [3.63, 3.8) is 0 Å². The lowest BCUT2D eigenvalue weighted by molar-refractivity contribution is 0.102. The first-order chi connectivity index (χ1) is 14.5. The molecule has 0 aliphatic heterocycles. The summed E-state index contributed by atoms with van der Waals surface area (Å²) in [6.07, 6.45) is 1.35. The van der Waals surface area contributed by atoms with Crippen molar-refractivity contribution >= 4 is 11.6 Å². The molecule has 0 unspecified atom stereocenters. The van der Waals surface area contributed by atoms with Crippen LogP contribution in [0.4, 0.5) is 10.1 Å². The first kappa shape index (κ1) is 22.0. The molecule has 2 aromatic carbocycles. The van der Waals surface area contributed by atoms with Gasteiger partial charge in [-0.3, -0.25) is 19.1 Å². The molecule has 3 aromatic rings. The van der Waals surface area contributed by atoms with Gasteiger partial charge < -0.3 is 10.1 Å². The number of benzene rings is 2. The molecular formula is C23H24FN3O4. The quantitative estimate of drug-likeness (QED) is 0.669. The van der Waals surface area contributed by atoms with E-state index < -0.39 is 28.4 Å². The number of hydrogen-bond donors (Lipinski definition) is 2. The number of aromatic amines is 1. The van der Waals surface area contributed by atoms with Gasteiger partial charge in [0.05, 0.1) is 18.4 Å². The Morgan fingerprint density at radius 3 is 2.42 bits per heavy atom. The molecule has 0 aliphatic rings. The first-order valence-corrected chi connectivity index (χ1v) is 9.63. The molecule has 1 heterocycles. The number of amides is 1. The Labute approximate surface area is 178 Å². The second-order valence-corrected chi connectivity index (χ2v) is 8.22. The largest absolute Gasteiger partial charge is 0.496 e. The van der Waals surface area contributed by atoms with Gasteiger partial charge in [-0.1, -0.05) is 20.8 Å². The van der Waals surface area contributed by atoms with E-state index in [-0.39, 0.29) is 5.56 Å². The Morgan fingerprint density at radius 1 is 1.13 bits per heavy atom. The molecule has 3 rings (SSSR count). The minimum atomic E-state index is -0.627. The fraction of sp³-hybridized carbons (Fsp3) is 0.261. The Balaban J connectivity index is 2.20. The highest BCUT2D eigenvalue weighted by Gasteiger charge is 2.26. The first-order valence-electron chi connectivity index (χ1n) is 9.63. The van der Waals surface area contributed by atoms with Crippen LogP contribution in [0.15, 0.2) is 52.2 Å². The van der Waals surface area contributed by atoms with Gasteiger partial charge in [0.15, 0.2) is 0 Å². The molecule has 1 amide bonds. The molecule has 162 valence electrons. The summed E-state index contributed by atoms with van der Waals surface area (Å²) in [5.74, 6) is -0.509. The number of aromatic nitrogens is 2. The number of carbonyl (C=O) groups excluding carboxylic acids is 1. The third-order valence-corrected chi connectivity index (χ3v) is 4.87. The van der Waals surface area contributed by atoms with Crippen molar-refractivity contribution in [2.75, 3.05) is 12.4 Å². The van der Waals surface area contributed by atoms with E-state index in [0.717, 1.165) is 0 Å². The number of methoxy groups -OCH3 is 1. The zero-order valence-electron chi connectivity index (χ0n) is 18.0. The third-order valence-electron chi connectivity index (χ3n) is 4.87. The highest BCUT2D eigenvalue weighted by atomic mass is 19.1. The van der Waals surface area contributed by atoms with Gasteiger partial charge in [0.1, 0.15) is 11.6 Å². The van der Waals surface area contributed by atoms with Crippen LogP contribution in [0.25, 0.3) is 5.69 Å². The second kappa shape index (κ2) is 8.22. The van der Waals surface area contributed by atoms with Crippen LogP contribution in [0.5, 0.6) is 5.75 Å². The average Bonchev–Trinajstić information content (AvgIpc) is 2.68. The van der Waals surface area contributed by atoms with E-state index in [9.17, 15) is 18.8 Å². The van der Waals surface area contributed by atoms with Gasteiger partial charge in [0.2, 0.25) is 0 Å². The summed E-state index contributed by atoms with van der Waals surface area (Å²) in [6.45, 7) is 7.55. The van der Waals surface area contributed by atoms with Crippen molar-refractivity contribution in [2.24, 2.45) is 0 Å². The van der Waals surface area contributed by atoms with E-state index in [0.29, 0.717) is 28.3 Å². The molecule has 0 bridgehead atoms. The molecule has 0 fully saturated rings. The predicted molar refractivity (Wildman–Crippen MR) is 117 cm³/mol. The van der Waals surface area contributed by atoms with Crippen LogP contribution in [-0.2, 0) is 5.41 Å². The van der Waals surface area contributed by atoms with Crippen LogP contribution >= 0.6 is 0 Å². The van der Waals surface area contributed by atoms with E-state index in [4.69, 9.17) is 4.74 Å². The second-order valence-electron chi connectivity index (χ2n) is 8.22. The summed E-state index contributed by atoms with van der Waals surface area (Å²) >= 11 is 0. The van der Waals surface area contributed by atoms with Crippen molar-refractivity contribution in [2.45, 2.75) is 33.1 Å². The number of ether oxygens (including phenoxy) is 1. The number of aryl methyl sites for hydroxylation is 1. The van der Waals surface area contributed by atoms with Crippen LogP contribution in [0.3, 0.4) is 0 Å². The molecule has 2 N–H and O–H groups in total. The summed E-state index contributed by atoms with van der Waals surface area (Å²) in [5.41, 5.74) is 0.752. The van der Waals surface area contributed by atoms with Crippen molar-refractivity contribution < 1.29 is 13.9 Å². The Bertz CT molecular complexity index is 1270. The Kier molecular flexibility index (Phi) is 5.83. The number of rotatable bonds is 4. The average molecular weight is 425 g/mol. The summed E-state index contributed by atoms with van der Waals surface area (Å²) in [6, 6.07) is 8.56. The number of hydrogen-bond acceptors (Lipinski definition) is 4. The van der Waals surface area contributed by atoms with E-state index >= 15 is 0 Å². The molecule has 7 nitrogen and oxygen atoms in total. The number of anilines is 1. The molecule has 0 aliphatic carbocycles.